The van der Waals surface area contributed by atoms with Crippen LogP contribution in [0.15, 0.2) is 12.1 Å². The molecule has 2 unspecified atom stereocenters. The fourth-order valence-electron chi connectivity index (χ4n) is 2.86. The van der Waals surface area contributed by atoms with E-state index in [-0.39, 0.29) is 17.6 Å². The molecule has 0 aromatic heterocycles. The maximum absolute atomic E-state index is 6.07. The van der Waals surface area contributed by atoms with Crippen LogP contribution in [-0.4, -0.2) is 26.9 Å². The molecule has 0 spiro atoms. The molecule has 0 amide bonds. The quantitative estimate of drug-likeness (QED) is 0.859. The van der Waals surface area contributed by atoms with Gasteiger partial charge in [0.1, 0.15) is 5.75 Å². The summed E-state index contributed by atoms with van der Waals surface area (Å²) in [4.78, 5) is 0. The van der Waals surface area contributed by atoms with Crippen LogP contribution in [0.5, 0.6) is 5.75 Å². The van der Waals surface area contributed by atoms with Crippen molar-refractivity contribution in [3.05, 3.63) is 28.8 Å². The van der Waals surface area contributed by atoms with Gasteiger partial charge in [0.05, 0.1) is 19.3 Å². The van der Waals surface area contributed by atoms with Gasteiger partial charge in [-0.1, -0.05) is 26.8 Å². The van der Waals surface area contributed by atoms with Crippen LogP contribution in [-0.2, 0) is 4.74 Å². The molecule has 0 aliphatic carbocycles. The number of methoxy groups -OCH3 is 1. The van der Waals surface area contributed by atoms with E-state index >= 15 is 0 Å². The van der Waals surface area contributed by atoms with Crippen LogP contribution in [0.4, 0.5) is 0 Å². The first kappa shape index (κ1) is 18.0. The van der Waals surface area contributed by atoms with Crippen molar-refractivity contribution in [3.63, 3.8) is 0 Å². The topological polar surface area (TPSA) is 30.5 Å². The molecule has 3 nitrogen and oxygen atoms in total. The minimum absolute atomic E-state index is 0.0595. The van der Waals surface area contributed by atoms with E-state index in [2.05, 4.69) is 59.0 Å². The second-order valence-electron chi connectivity index (χ2n) is 6.69. The third-order valence-electron chi connectivity index (χ3n) is 3.93. The van der Waals surface area contributed by atoms with Gasteiger partial charge < -0.3 is 14.8 Å². The zero-order chi connectivity index (χ0) is 16.2. The highest BCUT2D eigenvalue weighted by atomic mass is 16.5. The summed E-state index contributed by atoms with van der Waals surface area (Å²) < 4.78 is 11.5. The highest BCUT2D eigenvalue weighted by Gasteiger charge is 2.34. The Morgan fingerprint density at radius 1 is 1.14 bits per heavy atom. The summed E-state index contributed by atoms with van der Waals surface area (Å²) in [7, 11) is 3.72. The molecule has 2 atom stereocenters. The van der Waals surface area contributed by atoms with E-state index in [9.17, 15) is 0 Å². The Hall–Kier alpha value is -1.06. The lowest BCUT2D eigenvalue weighted by Gasteiger charge is -2.37. The monoisotopic (exact) mass is 293 g/mol. The molecule has 0 bridgehead atoms. The van der Waals surface area contributed by atoms with Crippen LogP contribution < -0.4 is 10.1 Å². The second kappa shape index (κ2) is 7.28. The zero-order valence-corrected chi connectivity index (χ0v) is 14.8. The minimum atomic E-state index is 0.0595. The fraction of sp³-hybridized carbons (Fsp3) is 0.667. The van der Waals surface area contributed by atoms with Crippen molar-refractivity contribution in [3.8, 4) is 5.75 Å². The van der Waals surface area contributed by atoms with Crippen molar-refractivity contribution in [2.75, 3.05) is 20.8 Å². The Morgan fingerprint density at radius 3 is 2.19 bits per heavy atom. The highest BCUT2D eigenvalue weighted by molar-refractivity contribution is 5.43. The Morgan fingerprint density at radius 2 is 1.76 bits per heavy atom. The minimum Gasteiger partial charge on any atom is -0.496 e. The van der Waals surface area contributed by atoms with Crippen molar-refractivity contribution in [1.82, 2.24) is 5.32 Å². The third kappa shape index (κ3) is 4.21. The Bertz CT molecular complexity index is 463. The van der Waals surface area contributed by atoms with Gasteiger partial charge in [-0.3, -0.25) is 0 Å². The van der Waals surface area contributed by atoms with Crippen LogP contribution in [0.1, 0.15) is 50.4 Å². The molecule has 0 aliphatic heterocycles. The lowest BCUT2D eigenvalue weighted by atomic mass is 9.80. The number of ether oxygens (including phenoxy) is 2. The molecular formula is C18H31NO2. The third-order valence-corrected chi connectivity index (χ3v) is 3.93. The summed E-state index contributed by atoms with van der Waals surface area (Å²) >= 11 is 0. The van der Waals surface area contributed by atoms with Crippen LogP contribution in [0, 0.1) is 19.3 Å². The summed E-state index contributed by atoms with van der Waals surface area (Å²) in [6, 6.07) is 4.49. The largest absolute Gasteiger partial charge is 0.496 e. The van der Waals surface area contributed by atoms with Gasteiger partial charge in [0.25, 0.3) is 0 Å². The number of hydrogen-bond acceptors (Lipinski definition) is 3. The molecule has 0 saturated heterocycles. The molecule has 0 aliphatic rings. The number of benzene rings is 1. The van der Waals surface area contributed by atoms with Crippen molar-refractivity contribution < 1.29 is 9.47 Å². The smallest absolute Gasteiger partial charge is 0.122 e. The molecule has 0 fully saturated rings. The summed E-state index contributed by atoms with van der Waals surface area (Å²) in [5.74, 6) is 0.940. The first-order valence-corrected chi connectivity index (χ1v) is 7.70. The highest BCUT2D eigenvalue weighted by Crippen LogP contribution is 2.35. The van der Waals surface area contributed by atoms with Crippen LogP contribution in [0.2, 0.25) is 0 Å². The second-order valence-corrected chi connectivity index (χ2v) is 6.69. The number of aryl methyl sites for hydroxylation is 2. The number of likely N-dealkylation sites (N-methyl/N-ethyl adjacent to an activating group) is 1. The number of hydrogen-bond donors (Lipinski definition) is 1. The molecule has 120 valence electrons. The molecular weight excluding hydrogens is 262 g/mol. The molecule has 1 rings (SSSR count). The molecule has 21 heavy (non-hydrogen) atoms. The molecule has 0 radical (unpaired) electrons. The van der Waals surface area contributed by atoms with Crippen molar-refractivity contribution in [1.29, 1.82) is 0 Å². The van der Waals surface area contributed by atoms with Gasteiger partial charge in [-0.2, -0.15) is 0 Å². The van der Waals surface area contributed by atoms with E-state index in [0.29, 0.717) is 6.61 Å². The van der Waals surface area contributed by atoms with Gasteiger partial charge in [0.15, 0.2) is 0 Å². The van der Waals surface area contributed by atoms with E-state index in [4.69, 9.17) is 9.47 Å². The summed E-state index contributed by atoms with van der Waals surface area (Å²) in [6.07, 6.45) is 0.110. The van der Waals surface area contributed by atoms with Gasteiger partial charge in [-0.15, -0.1) is 0 Å². The summed E-state index contributed by atoms with van der Waals surface area (Å²) in [5, 5.41) is 3.45. The van der Waals surface area contributed by atoms with E-state index in [0.717, 1.165) is 11.3 Å². The van der Waals surface area contributed by atoms with E-state index in [1.54, 1.807) is 7.11 Å². The fourth-order valence-corrected chi connectivity index (χ4v) is 2.86. The molecule has 0 heterocycles. The van der Waals surface area contributed by atoms with Crippen molar-refractivity contribution in [2.45, 2.75) is 53.7 Å². The summed E-state index contributed by atoms with van der Waals surface area (Å²) in [6.45, 7) is 13.7. The maximum atomic E-state index is 6.07. The standard InChI is InChI=1S/C18H31NO2/c1-9-21-17(18(4,5)6)16(19-7)14-10-13(3)15(20-8)11-12(14)2/h10-11,16-17,19H,9H2,1-8H3. The molecule has 3 heteroatoms. The zero-order valence-electron chi connectivity index (χ0n) is 14.8. The average molecular weight is 293 g/mol. The normalized spacial score (nSPS) is 14.9. The predicted molar refractivity (Wildman–Crippen MR) is 89.1 cm³/mol. The Balaban J connectivity index is 3.28. The van der Waals surface area contributed by atoms with Gasteiger partial charge in [-0.05, 0) is 56.0 Å². The number of nitrogens with one attached hydrogen (secondary N) is 1. The molecule has 1 aromatic rings. The first-order chi connectivity index (χ1) is 9.76. The van der Waals surface area contributed by atoms with Crippen LogP contribution >= 0.6 is 0 Å². The van der Waals surface area contributed by atoms with E-state index in [1.807, 2.05) is 7.05 Å². The predicted octanol–water partition coefficient (Wildman–Crippen LogP) is 4.02. The van der Waals surface area contributed by atoms with Crippen molar-refractivity contribution >= 4 is 0 Å². The van der Waals surface area contributed by atoms with Gasteiger partial charge in [0, 0.05) is 6.61 Å². The van der Waals surface area contributed by atoms with Gasteiger partial charge in [-0.25, -0.2) is 0 Å². The Kier molecular flexibility index (Phi) is 6.24. The lowest BCUT2D eigenvalue weighted by molar-refractivity contribution is -0.0352. The van der Waals surface area contributed by atoms with E-state index in [1.165, 1.54) is 11.1 Å². The Labute approximate surface area is 130 Å². The summed E-state index contributed by atoms with van der Waals surface area (Å²) in [5.41, 5.74) is 3.72. The van der Waals surface area contributed by atoms with Crippen LogP contribution in [0.3, 0.4) is 0 Å². The van der Waals surface area contributed by atoms with Gasteiger partial charge >= 0.3 is 0 Å². The lowest BCUT2D eigenvalue weighted by Crippen LogP contribution is -2.41. The molecule has 0 saturated carbocycles. The maximum Gasteiger partial charge on any atom is 0.122 e. The number of rotatable bonds is 6. The molecule has 1 N–H and O–H groups in total. The van der Waals surface area contributed by atoms with Gasteiger partial charge in [0.2, 0.25) is 0 Å². The molecule has 1 aromatic carbocycles. The van der Waals surface area contributed by atoms with Crippen molar-refractivity contribution in [2.24, 2.45) is 5.41 Å². The van der Waals surface area contributed by atoms with Crippen LogP contribution in [0.25, 0.3) is 0 Å². The first-order valence-electron chi connectivity index (χ1n) is 7.70. The average Bonchev–Trinajstić information content (AvgIpc) is 2.40. The van der Waals surface area contributed by atoms with E-state index < -0.39 is 0 Å². The SMILES string of the molecule is CCOC(C(NC)c1cc(C)c(OC)cc1C)C(C)(C)C.